The van der Waals surface area contributed by atoms with E-state index in [0.29, 0.717) is 11.9 Å². The zero-order valence-electron chi connectivity index (χ0n) is 24.3. The lowest BCUT2D eigenvalue weighted by molar-refractivity contribution is -0.123. The molecule has 0 spiro atoms. The summed E-state index contributed by atoms with van der Waals surface area (Å²) in [4.78, 5) is 36.8. The van der Waals surface area contributed by atoms with Gasteiger partial charge in [-0.15, -0.1) is 11.3 Å². The number of thiazole rings is 1. The number of para-hydroxylation sites is 1. The van der Waals surface area contributed by atoms with Crippen LogP contribution in [-0.4, -0.2) is 55.7 Å². The number of carbonyl (C=O) groups is 2. The molecule has 2 N–H and O–H groups in total. The van der Waals surface area contributed by atoms with Gasteiger partial charge in [-0.2, -0.15) is 4.98 Å². The maximum absolute atomic E-state index is 13.0. The van der Waals surface area contributed by atoms with Crippen LogP contribution in [0.1, 0.15) is 91.3 Å². The Morgan fingerprint density at radius 2 is 1.85 bits per heavy atom. The van der Waals surface area contributed by atoms with E-state index in [1.165, 1.54) is 42.7 Å². The highest BCUT2D eigenvalue weighted by Gasteiger charge is 2.48. The summed E-state index contributed by atoms with van der Waals surface area (Å²) in [6.07, 6.45) is 5.21. The Hall–Kier alpha value is -3.14. The summed E-state index contributed by atoms with van der Waals surface area (Å²) in [7, 11) is 0. The fourth-order valence-corrected chi connectivity index (χ4v) is 6.94. The summed E-state index contributed by atoms with van der Waals surface area (Å²) in [6, 6.07) is 5.84. The molecule has 0 radical (unpaired) electrons. The second kappa shape index (κ2) is 11.0. The number of fused-ring (bicyclic) bond motifs is 1. The minimum Gasteiger partial charge on any atom is -0.459 e. The summed E-state index contributed by atoms with van der Waals surface area (Å²) >= 11 is 1.67. The predicted molar refractivity (Wildman–Crippen MR) is 157 cm³/mol. The van der Waals surface area contributed by atoms with Crippen LogP contribution in [0.5, 0.6) is 6.01 Å². The van der Waals surface area contributed by atoms with Crippen molar-refractivity contribution in [1.29, 1.82) is 0 Å². The third-order valence-corrected chi connectivity index (χ3v) is 8.85. The molecule has 2 fully saturated rings. The fraction of sp³-hybridized carbons (Fsp3) is 0.600. The Morgan fingerprint density at radius 3 is 2.50 bits per heavy atom. The molecule has 9 nitrogen and oxygen atoms in total. The summed E-state index contributed by atoms with van der Waals surface area (Å²) < 4.78 is 14.2. The van der Waals surface area contributed by atoms with Gasteiger partial charge in [0.2, 0.25) is 5.91 Å². The number of imidazole rings is 1. The molecule has 1 aliphatic carbocycles. The number of amides is 2. The Labute approximate surface area is 240 Å². The van der Waals surface area contributed by atoms with E-state index in [-0.39, 0.29) is 18.5 Å². The van der Waals surface area contributed by atoms with Crippen molar-refractivity contribution in [2.75, 3.05) is 6.54 Å². The van der Waals surface area contributed by atoms with Crippen molar-refractivity contribution in [2.24, 2.45) is 11.7 Å². The van der Waals surface area contributed by atoms with Gasteiger partial charge in [-0.3, -0.25) is 14.3 Å². The smallest absolute Gasteiger partial charge is 0.411 e. The number of likely N-dealkylation sites (tertiary alicyclic amines) is 1. The highest BCUT2D eigenvalue weighted by molar-refractivity contribution is 7.13. The first-order valence-corrected chi connectivity index (χ1v) is 15.2. The van der Waals surface area contributed by atoms with Crippen LogP contribution in [0.3, 0.4) is 0 Å². The van der Waals surface area contributed by atoms with Gasteiger partial charge in [-0.05, 0) is 59.6 Å². The Bertz CT molecular complexity index is 1380. The molecule has 2 aliphatic rings. The molecule has 40 heavy (non-hydrogen) atoms. The van der Waals surface area contributed by atoms with Crippen molar-refractivity contribution in [2.45, 2.75) is 103 Å². The van der Waals surface area contributed by atoms with Crippen LogP contribution in [0.2, 0.25) is 0 Å². The van der Waals surface area contributed by atoms with Crippen LogP contribution in [0.4, 0.5) is 4.79 Å². The molecule has 3 aromatic rings. The summed E-state index contributed by atoms with van der Waals surface area (Å²) in [5.74, 6) is -0.386. The molecule has 3 heterocycles. The second-order valence-electron chi connectivity index (χ2n) is 12.4. The van der Waals surface area contributed by atoms with Crippen molar-refractivity contribution in [3.05, 3.63) is 29.3 Å². The molecule has 5 rings (SSSR count). The Morgan fingerprint density at radius 1 is 1.12 bits per heavy atom. The number of hydrogen-bond donors (Lipinski definition) is 1. The molecule has 3 atom stereocenters. The van der Waals surface area contributed by atoms with E-state index >= 15 is 0 Å². The minimum absolute atomic E-state index is 0.0648. The van der Waals surface area contributed by atoms with E-state index in [4.69, 9.17) is 25.2 Å². The normalized spacial score (nSPS) is 22.3. The van der Waals surface area contributed by atoms with E-state index in [1.807, 2.05) is 19.1 Å². The number of aromatic nitrogens is 3. The van der Waals surface area contributed by atoms with Crippen molar-refractivity contribution < 1.29 is 19.1 Å². The van der Waals surface area contributed by atoms with E-state index in [0.717, 1.165) is 21.6 Å². The standard InChI is InChI=1S/C30H41N5O4S/c1-17(2)35-22-14-10-13-20(27-32-21(16-40-27)19-11-8-7-9-12-19)24(22)33-28(35)38-23-15-34(25(18(23)3)26(31)36)29(37)39-30(4,5)6/h10,13-14,16-19,23,25H,7-9,11-12,15H2,1-6H3,(H2,31,36)/t18-,23+,25+/m1/s1. The first-order chi connectivity index (χ1) is 18.9. The van der Waals surface area contributed by atoms with Gasteiger partial charge in [-0.25, -0.2) is 9.78 Å². The van der Waals surface area contributed by atoms with Crippen LogP contribution in [0, 0.1) is 5.92 Å². The van der Waals surface area contributed by atoms with Gasteiger partial charge < -0.3 is 15.2 Å². The maximum Gasteiger partial charge on any atom is 0.411 e. The maximum atomic E-state index is 13.0. The number of nitrogens with zero attached hydrogens (tertiary/aromatic N) is 4. The lowest BCUT2D eigenvalue weighted by atomic mass is 9.87. The molecule has 1 saturated heterocycles. The lowest BCUT2D eigenvalue weighted by Crippen LogP contribution is -2.47. The third kappa shape index (κ3) is 5.55. The molecule has 10 heteroatoms. The molecular formula is C30H41N5O4S. The molecule has 0 unspecified atom stereocenters. The fourth-order valence-electron chi connectivity index (χ4n) is 6.01. The molecule has 1 saturated carbocycles. The van der Waals surface area contributed by atoms with E-state index in [2.05, 4.69) is 29.9 Å². The van der Waals surface area contributed by atoms with Gasteiger partial charge in [0, 0.05) is 28.8 Å². The van der Waals surface area contributed by atoms with Gasteiger partial charge in [0.05, 0.1) is 17.8 Å². The quantitative estimate of drug-likeness (QED) is 0.375. The SMILES string of the molecule is CC(C)n1c(O[C@H]2CN(C(=O)OC(C)(C)C)[C@H](C(N)=O)[C@@H]2C)nc2c(-c3nc(C4CCCCC4)cs3)cccc21. The molecule has 216 valence electrons. The van der Waals surface area contributed by atoms with Crippen LogP contribution in [-0.2, 0) is 9.53 Å². The average molecular weight is 568 g/mol. The van der Waals surface area contributed by atoms with Gasteiger partial charge in [-0.1, -0.05) is 32.3 Å². The minimum atomic E-state index is -0.833. The largest absolute Gasteiger partial charge is 0.459 e. The van der Waals surface area contributed by atoms with Crippen molar-refractivity contribution in [3.8, 4) is 16.6 Å². The lowest BCUT2D eigenvalue weighted by Gasteiger charge is -2.27. The first-order valence-electron chi connectivity index (χ1n) is 14.4. The number of carbonyl (C=O) groups excluding carboxylic acids is 2. The first kappa shape index (κ1) is 28.4. The van der Waals surface area contributed by atoms with Gasteiger partial charge in [0.25, 0.3) is 6.01 Å². The number of hydrogen-bond acceptors (Lipinski definition) is 7. The molecule has 2 amide bonds. The summed E-state index contributed by atoms with van der Waals surface area (Å²) in [6.45, 7) is 11.6. The zero-order valence-corrected chi connectivity index (χ0v) is 25.2. The highest BCUT2D eigenvalue weighted by atomic mass is 32.1. The van der Waals surface area contributed by atoms with Crippen LogP contribution < -0.4 is 10.5 Å². The molecule has 1 aromatic carbocycles. The Kier molecular flexibility index (Phi) is 7.83. The monoisotopic (exact) mass is 567 g/mol. The third-order valence-electron chi connectivity index (χ3n) is 7.95. The number of benzene rings is 1. The summed E-state index contributed by atoms with van der Waals surface area (Å²) in [5, 5.41) is 3.17. The van der Waals surface area contributed by atoms with Crippen molar-refractivity contribution >= 4 is 34.4 Å². The van der Waals surface area contributed by atoms with Crippen LogP contribution in [0.15, 0.2) is 23.6 Å². The Balaban J connectivity index is 1.47. The van der Waals surface area contributed by atoms with Crippen LogP contribution in [0.25, 0.3) is 21.6 Å². The molecule has 2 aromatic heterocycles. The second-order valence-corrected chi connectivity index (χ2v) is 13.3. The van der Waals surface area contributed by atoms with E-state index < -0.39 is 29.7 Å². The van der Waals surface area contributed by atoms with Crippen molar-refractivity contribution in [1.82, 2.24) is 19.4 Å². The van der Waals surface area contributed by atoms with Crippen LogP contribution >= 0.6 is 11.3 Å². The van der Waals surface area contributed by atoms with E-state index in [9.17, 15) is 9.59 Å². The predicted octanol–water partition coefficient (Wildman–Crippen LogP) is 6.28. The topological polar surface area (TPSA) is 113 Å². The number of primary amides is 1. The summed E-state index contributed by atoms with van der Waals surface area (Å²) in [5.41, 5.74) is 9.01. The van der Waals surface area contributed by atoms with Gasteiger partial charge in [0.1, 0.15) is 28.3 Å². The van der Waals surface area contributed by atoms with Gasteiger partial charge in [0.15, 0.2) is 0 Å². The zero-order chi connectivity index (χ0) is 28.8. The van der Waals surface area contributed by atoms with Crippen molar-refractivity contribution in [3.63, 3.8) is 0 Å². The number of ether oxygens (including phenoxy) is 2. The molecule has 1 aliphatic heterocycles. The highest BCUT2D eigenvalue weighted by Crippen LogP contribution is 2.39. The number of rotatable bonds is 6. The number of nitrogens with two attached hydrogens (primary N) is 1. The molecule has 0 bridgehead atoms. The average Bonchev–Trinajstić information content (AvgIpc) is 3.59. The van der Waals surface area contributed by atoms with E-state index in [1.54, 1.807) is 32.1 Å². The van der Waals surface area contributed by atoms with Gasteiger partial charge >= 0.3 is 6.09 Å². The molecular weight excluding hydrogens is 526 g/mol.